The van der Waals surface area contributed by atoms with Gasteiger partial charge in [-0.2, -0.15) is 5.10 Å². The average Bonchev–Trinajstić information content (AvgIpc) is 3.22. The Labute approximate surface area is 127 Å². The third-order valence-corrected chi connectivity index (χ3v) is 3.51. The molecule has 1 fully saturated rings. The number of nitrogens with zero attached hydrogens (tertiary/aromatic N) is 5. The third kappa shape index (κ3) is 2.93. The fourth-order valence-corrected chi connectivity index (χ4v) is 2.28. The number of ether oxygens (including phenoxy) is 2. The lowest BCUT2D eigenvalue weighted by atomic mass is 10.2. The Morgan fingerprint density at radius 1 is 1.50 bits per heavy atom. The number of carbonyl (C=O) groups is 1. The van der Waals surface area contributed by atoms with Gasteiger partial charge in [-0.15, -0.1) is 5.10 Å². The minimum Gasteiger partial charge on any atom is -0.482 e. The molecule has 9 nitrogen and oxygen atoms in total. The normalized spacial score (nSPS) is 21.0. The number of aryl methyl sites for hydroxylation is 2. The van der Waals surface area contributed by atoms with Crippen molar-refractivity contribution in [2.45, 2.75) is 25.6 Å². The van der Waals surface area contributed by atoms with Crippen molar-refractivity contribution in [1.29, 1.82) is 0 Å². The maximum Gasteiger partial charge on any atom is 0.271 e. The van der Waals surface area contributed by atoms with Gasteiger partial charge in [0.05, 0.1) is 37.8 Å². The first kappa shape index (κ1) is 14.5. The van der Waals surface area contributed by atoms with E-state index in [-0.39, 0.29) is 18.1 Å². The maximum atomic E-state index is 12.2. The van der Waals surface area contributed by atoms with E-state index in [1.54, 1.807) is 17.9 Å². The number of nitrogens with one attached hydrogen (secondary N) is 1. The van der Waals surface area contributed by atoms with Crippen LogP contribution < -0.4 is 10.1 Å². The standard InChI is InChI=1S/C13H18N6O3/c1-3-19-6-9(4-15-19)22-12-8-21-7-10(12)16-13(20)11-5-14-17-18(11)2/h4-6,10,12H,3,7-8H2,1-2H3,(H,16,20)/t10-,12+/m0/s1. The van der Waals surface area contributed by atoms with E-state index in [0.717, 1.165) is 6.54 Å². The van der Waals surface area contributed by atoms with E-state index in [2.05, 4.69) is 20.7 Å². The second kappa shape index (κ2) is 6.14. The molecule has 3 rings (SSSR count). The van der Waals surface area contributed by atoms with Crippen molar-refractivity contribution >= 4 is 5.91 Å². The summed E-state index contributed by atoms with van der Waals surface area (Å²) in [6.45, 7) is 3.61. The number of carbonyl (C=O) groups excluding carboxylic acids is 1. The van der Waals surface area contributed by atoms with Gasteiger partial charge in [-0.1, -0.05) is 5.21 Å². The Kier molecular flexibility index (Phi) is 4.05. The smallest absolute Gasteiger partial charge is 0.271 e. The molecule has 0 radical (unpaired) electrons. The second-order valence-corrected chi connectivity index (χ2v) is 5.05. The Hall–Kier alpha value is -2.42. The molecule has 1 aliphatic rings. The summed E-state index contributed by atoms with van der Waals surface area (Å²) in [5.74, 6) is 0.416. The number of hydrogen-bond acceptors (Lipinski definition) is 6. The molecule has 1 saturated heterocycles. The molecule has 3 heterocycles. The van der Waals surface area contributed by atoms with E-state index >= 15 is 0 Å². The van der Waals surface area contributed by atoms with Gasteiger partial charge >= 0.3 is 0 Å². The summed E-state index contributed by atoms with van der Waals surface area (Å²) in [5, 5.41) is 14.5. The molecule has 118 valence electrons. The molecule has 22 heavy (non-hydrogen) atoms. The zero-order valence-corrected chi connectivity index (χ0v) is 12.5. The highest BCUT2D eigenvalue weighted by Gasteiger charge is 2.32. The number of rotatable bonds is 5. The molecule has 1 aliphatic heterocycles. The van der Waals surface area contributed by atoms with Crippen LogP contribution in [-0.2, 0) is 18.3 Å². The Morgan fingerprint density at radius 2 is 2.36 bits per heavy atom. The van der Waals surface area contributed by atoms with Gasteiger partial charge in [-0.25, -0.2) is 4.68 Å². The van der Waals surface area contributed by atoms with Gasteiger partial charge in [0.25, 0.3) is 5.91 Å². The highest BCUT2D eigenvalue weighted by Crippen LogP contribution is 2.17. The van der Waals surface area contributed by atoms with Crippen molar-refractivity contribution in [3.8, 4) is 5.75 Å². The van der Waals surface area contributed by atoms with Crippen molar-refractivity contribution < 1.29 is 14.3 Å². The average molecular weight is 306 g/mol. The predicted octanol–water partition coefficient (Wildman–Crippen LogP) is -0.392. The van der Waals surface area contributed by atoms with Crippen LogP contribution in [0.3, 0.4) is 0 Å². The molecule has 0 saturated carbocycles. The first-order chi connectivity index (χ1) is 10.7. The van der Waals surface area contributed by atoms with Crippen LogP contribution in [0.5, 0.6) is 5.75 Å². The SMILES string of the molecule is CCn1cc(O[C@@H]2COC[C@@H]2NC(=O)c2cnnn2C)cn1. The number of amides is 1. The van der Waals surface area contributed by atoms with E-state index in [1.807, 2.05) is 13.1 Å². The Bertz CT molecular complexity index is 652. The van der Waals surface area contributed by atoms with Crippen LogP contribution in [0.25, 0.3) is 0 Å². The Balaban J connectivity index is 1.63. The predicted molar refractivity (Wildman–Crippen MR) is 75.4 cm³/mol. The lowest BCUT2D eigenvalue weighted by Gasteiger charge is -2.19. The maximum absolute atomic E-state index is 12.2. The minimum atomic E-state index is -0.250. The molecule has 2 aromatic heterocycles. The van der Waals surface area contributed by atoms with E-state index in [1.165, 1.54) is 10.9 Å². The largest absolute Gasteiger partial charge is 0.482 e. The Morgan fingerprint density at radius 3 is 3.05 bits per heavy atom. The van der Waals surface area contributed by atoms with Gasteiger partial charge in [0.15, 0.2) is 5.75 Å². The molecule has 9 heteroatoms. The summed E-state index contributed by atoms with van der Waals surface area (Å²) in [6.07, 6.45) is 4.65. The fraction of sp³-hybridized carbons (Fsp3) is 0.538. The van der Waals surface area contributed by atoms with Gasteiger partial charge in [0, 0.05) is 13.6 Å². The molecule has 2 aromatic rings. The van der Waals surface area contributed by atoms with E-state index < -0.39 is 0 Å². The molecule has 1 amide bonds. The van der Waals surface area contributed by atoms with Crippen molar-refractivity contribution in [2.75, 3.05) is 13.2 Å². The highest BCUT2D eigenvalue weighted by atomic mass is 16.5. The summed E-state index contributed by atoms with van der Waals surface area (Å²) in [7, 11) is 1.67. The lowest BCUT2D eigenvalue weighted by molar-refractivity contribution is 0.0894. The van der Waals surface area contributed by atoms with Crippen molar-refractivity contribution in [3.05, 3.63) is 24.3 Å². The molecular weight excluding hydrogens is 288 g/mol. The molecule has 0 unspecified atom stereocenters. The van der Waals surface area contributed by atoms with Gasteiger partial charge in [-0.3, -0.25) is 9.48 Å². The summed E-state index contributed by atoms with van der Waals surface area (Å²) >= 11 is 0. The van der Waals surface area contributed by atoms with Crippen LogP contribution in [0, 0.1) is 0 Å². The molecule has 0 bridgehead atoms. The van der Waals surface area contributed by atoms with E-state index in [9.17, 15) is 4.79 Å². The fourth-order valence-electron chi connectivity index (χ4n) is 2.28. The lowest BCUT2D eigenvalue weighted by Crippen LogP contribution is -2.45. The summed E-state index contributed by atoms with van der Waals surface area (Å²) in [5.41, 5.74) is 0.393. The summed E-state index contributed by atoms with van der Waals surface area (Å²) in [4.78, 5) is 12.2. The summed E-state index contributed by atoms with van der Waals surface area (Å²) < 4.78 is 14.5. The topological polar surface area (TPSA) is 96.1 Å². The zero-order chi connectivity index (χ0) is 15.5. The van der Waals surface area contributed by atoms with Gasteiger partial charge in [-0.05, 0) is 6.92 Å². The van der Waals surface area contributed by atoms with E-state index in [4.69, 9.17) is 9.47 Å². The molecule has 1 N–H and O–H groups in total. The molecule has 0 aromatic carbocycles. The third-order valence-electron chi connectivity index (χ3n) is 3.51. The first-order valence-electron chi connectivity index (χ1n) is 7.09. The van der Waals surface area contributed by atoms with Crippen molar-refractivity contribution in [1.82, 2.24) is 30.1 Å². The monoisotopic (exact) mass is 306 g/mol. The highest BCUT2D eigenvalue weighted by molar-refractivity contribution is 5.92. The quantitative estimate of drug-likeness (QED) is 0.808. The first-order valence-corrected chi connectivity index (χ1v) is 7.09. The van der Waals surface area contributed by atoms with Crippen LogP contribution in [0.2, 0.25) is 0 Å². The van der Waals surface area contributed by atoms with Gasteiger partial charge in [0.1, 0.15) is 11.8 Å². The van der Waals surface area contributed by atoms with Gasteiger partial charge in [0.2, 0.25) is 0 Å². The summed E-state index contributed by atoms with van der Waals surface area (Å²) in [6, 6.07) is -0.229. The van der Waals surface area contributed by atoms with E-state index in [0.29, 0.717) is 24.7 Å². The zero-order valence-electron chi connectivity index (χ0n) is 12.5. The van der Waals surface area contributed by atoms with Crippen LogP contribution >= 0.6 is 0 Å². The second-order valence-electron chi connectivity index (χ2n) is 5.05. The number of aromatic nitrogens is 5. The van der Waals surface area contributed by atoms with Crippen LogP contribution in [0.4, 0.5) is 0 Å². The van der Waals surface area contributed by atoms with Crippen molar-refractivity contribution in [3.63, 3.8) is 0 Å². The minimum absolute atomic E-state index is 0.229. The molecule has 0 spiro atoms. The van der Waals surface area contributed by atoms with Gasteiger partial charge < -0.3 is 14.8 Å². The number of hydrogen-bond donors (Lipinski definition) is 1. The molecule has 2 atom stereocenters. The van der Waals surface area contributed by atoms with Crippen molar-refractivity contribution in [2.24, 2.45) is 7.05 Å². The molecule has 0 aliphatic carbocycles. The van der Waals surface area contributed by atoms with Crippen LogP contribution in [-0.4, -0.2) is 56.0 Å². The van der Waals surface area contributed by atoms with Crippen LogP contribution in [0.15, 0.2) is 18.6 Å². The molecular formula is C13H18N6O3. The van der Waals surface area contributed by atoms with Crippen LogP contribution in [0.1, 0.15) is 17.4 Å².